The van der Waals surface area contributed by atoms with Crippen molar-refractivity contribution in [1.29, 1.82) is 0 Å². The first-order valence-corrected chi connectivity index (χ1v) is 11.0. The number of pyridine rings is 1. The standard InChI is InChI=1S/C26H24F3N3O3/c1-2-24(33)31-14-18-12-21-22(32(15-18)20-8-6-19(7-9-20)26(27,28)29)4-3-5-23(21)35-16-17-10-11-30-25(34)13-17/h2-11,13,18H,1,12,14-16H2,(H,30,34)(H,31,33)/t18-/m0/s1. The highest BCUT2D eigenvalue weighted by Crippen LogP contribution is 2.41. The van der Waals surface area contributed by atoms with Gasteiger partial charge in [0.2, 0.25) is 11.5 Å². The Hall–Kier alpha value is -4.01. The van der Waals surface area contributed by atoms with Crippen LogP contribution in [0.5, 0.6) is 5.75 Å². The van der Waals surface area contributed by atoms with E-state index in [9.17, 15) is 22.8 Å². The number of anilines is 2. The Morgan fingerprint density at radius 2 is 1.97 bits per heavy atom. The first kappa shape index (κ1) is 24.1. The molecule has 0 bridgehead atoms. The van der Waals surface area contributed by atoms with E-state index in [1.807, 2.05) is 23.1 Å². The number of halogens is 3. The van der Waals surface area contributed by atoms with Crippen molar-refractivity contribution in [2.75, 3.05) is 18.0 Å². The number of fused-ring (bicyclic) bond motifs is 1. The Bertz CT molecular complexity index is 1270. The van der Waals surface area contributed by atoms with Crippen LogP contribution in [0.25, 0.3) is 0 Å². The molecule has 3 aromatic rings. The number of benzene rings is 2. The number of amides is 1. The fraction of sp³-hybridized carbons (Fsp3) is 0.231. The molecule has 1 aromatic heterocycles. The van der Waals surface area contributed by atoms with Crippen LogP contribution < -0.4 is 20.5 Å². The number of hydrogen-bond donors (Lipinski definition) is 2. The first-order valence-electron chi connectivity index (χ1n) is 11.0. The van der Waals surface area contributed by atoms with Crippen LogP contribution >= 0.6 is 0 Å². The number of rotatable bonds is 7. The van der Waals surface area contributed by atoms with Crippen molar-refractivity contribution >= 4 is 17.3 Å². The number of aromatic nitrogens is 1. The zero-order valence-corrected chi connectivity index (χ0v) is 18.8. The maximum Gasteiger partial charge on any atom is 0.416 e. The third-order valence-electron chi connectivity index (χ3n) is 5.82. The van der Waals surface area contributed by atoms with Gasteiger partial charge in [-0.05, 0) is 66.4 Å². The van der Waals surface area contributed by atoms with E-state index < -0.39 is 11.7 Å². The highest BCUT2D eigenvalue weighted by Gasteiger charge is 2.32. The topological polar surface area (TPSA) is 74.4 Å². The number of H-pyrrole nitrogens is 1. The Morgan fingerprint density at radius 1 is 1.20 bits per heavy atom. The van der Waals surface area contributed by atoms with E-state index in [0.717, 1.165) is 23.4 Å². The summed E-state index contributed by atoms with van der Waals surface area (Å²) in [5.74, 6) is 0.285. The van der Waals surface area contributed by atoms with Crippen LogP contribution in [0, 0.1) is 5.92 Å². The average molecular weight is 483 g/mol. The normalized spacial score (nSPS) is 15.3. The predicted octanol–water partition coefficient (Wildman–Crippen LogP) is 4.59. The summed E-state index contributed by atoms with van der Waals surface area (Å²) in [5.41, 5.74) is 2.05. The maximum atomic E-state index is 13.1. The number of carbonyl (C=O) groups excluding carboxylic acids is 1. The van der Waals surface area contributed by atoms with Crippen LogP contribution in [0.2, 0.25) is 0 Å². The van der Waals surface area contributed by atoms with E-state index in [1.54, 1.807) is 12.3 Å². The van der Waals surface area contributed by atoms with E-state index in [1.165, 1.54) is 24.3 Å². The van der Waals surface area contributed by atoms with Gasteiger partial charge in [-0.1, -0.05) is 12.6 Å². The van der Waals surface area contributed by atoms with Crippen LogP contribution in [0.3, 0.4) is 0 Å². The molecule has 0 radical (unpaired) electrons. The molecule has 0 aliphatic carbocycles. The third-order valence-corrected chi connectivity index (χ3v) is 5.82. The Balaban J connectivity index is 1.66. The summed E-state index contributed by atoms with van der Waals surface area (Å²) in [6, 6.07) is 13.8. The number of nitrogens with one attached hydrogen (secondary N) is 2. The molecule has 0 unspecified atom stereocenters. The van der Waals surface area contributed by atoms with Crippen molar-refractivity contribution in [3.05, 3.63) is 100 Å². The van der Waals surface area contributed by atoms with E-state index in [0.29, 0.717) is 36.5 Å². The molecule has 0 fully saturated rings. The van der Waals surface area contributed by atoms with Gasteiger partial charge in [0.1, 0.15) is 12.4 Å². The lowest BCUT2D eigenvalue weighted by Gasteiger charge is -2.37. The highest BCUT2D eigenvalue weighted by atomic mass is 19.4. The molecule has 9 heteroatoms. The molecule has 2 N–H and O–H groups in total. The number of hydrogen-bond acceptors (Lipinski definition) is 4. The van der Waals surface area contributed by atoms with Gasteiger partial charge in [-0.2, -0.15) is 13.2 Å². The monoisotopic (exact) mass is 483 g/mol. The molecular weight excluding hydrogens is 459 g/mol. The second kappa shape index (κ2) is 10.1. The summed E-state index contributed by atoms with van der Waals surface area (Å²) in [6.07, 6.45) is -1.09. The zero-order valence-electron chi connectivity index (χ0n) is 18.8. The summed E-state index contributed by atoms with van der Waals surface area (Å²) in [5, 5.41) is 2.81. The molecule has 1 atom stereocenters. The lowest BCUT2D eigenvalue weighted by Crippen LogP contribution is -2.39. The smallest absolute Gasteiger partial charge is 0.416 e. The lowest BCUT2D eigenvalue weighted by molar-refractivity contribution is -0.137. The average Bonchev–Trinajstić information content (AvgIpc) is 2.85. The number of ether oxygens (including phenoxy) is 1. The first-order chi connectivity index (χ1) is 16.7. The second-order valence-electron chi connectivity index (χ2n) is 8.28. The van der Waals surface area contributed by atoms with E-state index in [-0.39, 0.29) is 24.0 Å². The summed E-state index contributed by atoms with van der Waals surface area (Å²) in [4.78, 5) is 27.8. The van der Waals surface area contributed by atoms with Gasteiger partial charge in [0.25, 0.3) is 0 Å². The van der Waals surface area contributed by atoms with Crippen LogP contribution in [0.4, 0.5) is 24.5 Å². The highest BCUT2D eigenvalue weighted by molar-refractivity contribution is 5.86. The van der Waals surface area contributed by atoms with E-state index >= 15 is 0 Å². The van der Waals surface area contributed by atoms with Gasteiger partial charge in [0.15, 0.2) is 0 Å². The van der Waals surface area contributed by atoms with Gasteiger partial charge in [-0.3, -0.25) is 9.59 Å². The predicted molar refractivity (Wildman–Crippen MR) is 127 cm³/mol. The summed E-state index contributed by atoms with van der Waals surface area (Å²) in [7, 11) is 0. The lowest BCUT2D eigenvalue weighted by atomic mass is 9.91. The van der Waals surface area contributed by atoms with Gasteiger partial charge >= 0.3 is 6.18 Å². The fourth-order valence-electron chi connectivity index (χ4n) is 4.13. The molecule has 182 valence electrons. The van der Waals surface area contributed by atoms with Gasteiger partial charge < -0.3 is 19.9 Å². The quantitative estimate of drug-likeness (QED) is 0.483. The molecule has 0 saturated heterocycles. The van der Waals surface area contributed by atoms with Gasteiger partial charge in [0.05, 0.1) is 5.56 Å². The van der Waals surface area contributed by atoms with Crippen molar-refractivity contribution in [1.82, 2.24) is 10.3 Å². The van der Waals surface area contributed by atoms with Gasteiger partial charge in [0, 0.05) is 42.3 Å². The molecule has 1 aliphatic rings. The Morgan fingerprint density at radius 3 is 2.66 bits per heavy atom. The van der Waals surface area contributed by atoms with E-state index in [4.69, 9.17) is 4.74 Å². The van der Waals surface area contributed by atoms with E-state index in [2.05, 4.69) is 16.9 Å². The summed E-state index contributed by atoms with van der Waals surface area (Å²) in [6.45, 7) is 4.50. The molecule has 0 spiro atoms. The fourth-order valence-corrected chi connectivity index (χ4v) is 4.13. The number of aromatic amines is 1. The van der Waals surface area contributed by atoms with Crippen molar-refractivity contribution in [3.63, 3.8) is 0 Å². The third kappa shape index (κ3) is 5.74. The van der Waals surface area contributed by atoms with Crippen LogP contribution in [-0.2, 0) is 24.0 Å². The largest absolute Gasteiger partial charge is 0.489 e. The number of alkyl halides is 3. The second-order valence-corrected chi connectivity index (χ2v) is 8.28. The molecule has 4 rings (SSSR count). The minimum Gasteiger partial charge on any atom is -0.489 e. The Labute approximate surface area is 200 Å². The van der Waals surface area contributed by atoms with Crippen LogP contribution in [0.1, 0.15) is 16.7 Å². The molecule has 35 heavy (non-hydrogen) atoms. The SMILES string of the molecule is C=CC(=O)NC[C@@H]1Cc2c(OCc3cc[nH]c(=O)c3)cccc2N(c2ccc(C(F)(F)F)cc2)C1. The summed E-state index contributed by atoms with van der Waals surface area (Å²) < 4.78 is 45.3. The molecule has 1 aliphatic heterocycles. The molecule has 1 amide bonds. The van der Waals surface area contributed by atoms with Crippen molar-refractivity contribution in [2.45, 2.75) is 19.2 Å². The molecule has 0 saturated carbocycles. The zero-order chi connectivity index (χ0) is 25.0. The van der Waals surface area contributed by atoms with Gasteiger partial charge in [-0.15, -0.1) is 0 Å². The van der Waals surface area contributed by atoms with Gasteiger partial charge in [-0.25, -0.2) is 0 Å². The molecular formula is C26H24F3N3O3. The van der Waals surface area contributed by atoms with Crippen LogP contribution in [0.15, 0.2) is 78.2 Å². The minimum absolute atomic E-state index is 0.0296. The maximum absolute atomic E-state index is 13.1. The van der Waals surface area contributed by atoms with Crippen LogP contribution in [-0.4, -0.2) is 24.0 Å². The van der Waals surface area contributed by atoms with Crippen molar-refractivity contribution in [3.8, 4) is 5.75 Å². The van der Waals surface area contributed by atoms with Crippen molar-refractivity contribution in [2.24, 2.45) is 5.92 Å². The number of nitrogens with zero attached hydrogens (tertiary/aromatic N) is 1. The Kier molecular flexibility index (Phi) is 6.95. The molecule has 6 nitrogen and oxygen atoms in total. The number of carbonyl (C=O) groups is 1. The van der Waals surface area contributed by atoms with Crippen molar-refractivity contribution < 1.29 is 22.7 Å². The molecule has 2 aromatic carbocycles. The summed E-state index contributed by atoms with van der Waals surface area (Å²) >= 11 is 0. The molecule has 2 heterocycles. The minimum atomic E-state index is -4.42.